The van der Waals surface area contributed by atoms with E-state index in [1.807, 2.05) is 15.6 Å². The predicted molar refractivity (Wildman–Crippen MR) is 108 cm³/mol. The molecule has 0 aromatic carbocycles. The van der Waals surface area contributed by atoms with Gasteiger partial charge in [0.05, 0.1) is 23.4 Å². The van der Waals surface area contributed by atoms with E-state index in [4.69, 9.17) is 0 Å². The fraction of sp³-hybridized carbons (Fsp3) is 0.619. The van der Waals surface area contributed by atoms with Crippen molar-refractivity contribution in [1.82, 2.24) is 19.4 Å². The van der Waals surface area contributed by atoms with Crippen molar-refractivity contribution in [2.24, 2.45) is 0 Å². The van der Waals surface area contributed by atoms with Gasteiger partial charge in [-0.3, -0.25) is 9.69 Å². The number of nitrogens with zero attached hydrogens (tertiary/aromatic N) is 5. The van der Waals surface area contributed by atoms with Gasteiger partial charge in [-0.15, -0.1) is 0 Å². The highest BCUT2D eigenvalue weighted by molar-refractivity contribution is 6.01. The van der Waals surface area contributed by atoms with Crippen LogP contribution in [0.4, 0.5) is 5.69 Å². The van der Waals surface area contributed by atoms with Gasteiger partial charge in [-0.1, -0.05) is 0 Å². The van der Waals surface area contributed by atoms with Crippen LogP contribution in [0.5, 0.6) is 0 Å². The topological polar surface area (TPSA) is 64.3 Å². The second-order valence-corrected chi connectivity index (χ2v) is 8.43. The molecule has 3 aliphatic rings. The van der Waals surface area contributed by atoms with Gasteiger partial charge in [-0.05, 0) is 44.2 Å². The summed E-state index contributed by atoms with van der Waals surface area (Å²) in [6.07, 6.45) is 8.81. The largest absolute Gasteiger partial charge is 0.392 e. The van der Waals surface area contributed by atoms with Gasteiger partial charge >= 0.3 is 0 Å². The van der Waals surface area contributed by atoms with Crippen molar-refractivity contribution in [1.29, 1.82) is 0 Å². The Labute approximate surface area is 165 Å². The Bertz CT molecular complexity index is 852. The number of aromatic nitrogens is 2. The van der Waals surface area contributed by atoms with Gasteiger partial charge in [0.25, 0.3) is 5.91 Å². The van der Waals surface area contributed by atoms with Crippen molar-refractivity contribution in [3.05, 3.63) is 30.1 Å². The van der Waals surface area contributed by atoms with Gasteiger partial charge in [0, 0.05) is 57.2 Å². The van der Waals surface area contributed by atoms with Gasteiger partial charge in [0.1, 0.15) is 0 Å². The molecule has 0 bridgehead atoms. The van der Waals surface area contributed by atoms with Crippen LogP contribution in [0.1, 0.15) is 42.5 Å². The third-order valence-corrected chi connectivity index (χ3v) is 6.67. The normalized spacial score (nSPS) is 24.5. The number of rotatable bonds is 3. The summed E-state index contributed by atoms with van der Waals surface area (Å²) in [5.41, 5.74) is 2.79. The van der Waals surface area contributed by atoms with Crippen LogP contribution >= 0.6 is 0 Å². The van der Waals surface area contributed by atoms with Crippen molar-refractivity contribution in [2.75, 3.05) is 44.2 Å². The maximum Gasteiger partial charge on any atom is 0.257 e. The Morgan fingerprint density at radius 3 is 2.57 bits per heavy atom. The van der Waals surface area contributed by atoms with Crippen molar-refractivity contribution in [3.63, 3.8) is 0 Å². The minimum atomic E-state index is -0.178. The Kier molecular flexibility index (Phi) is 4.72. The highest BCUT2D eigenvalue weighted by Gasteiger charge is 2.32. The van der Waals surface area contributed by atoms with Crippen LogP contribution in [0.2, 0.25) is 0 Å². The number of hydrogen-bond acceptors (Lipinski definition) is 5. The zero-order valence-corrected chi connectivity index (χ0v) is 16.3. The lowest BCUT2D eigenvalue weighted by molar-refractivity contribution is 0.0629. The number of pyridine rings is 1. The summed E-state index contributed by atoms with van der Waals surface area (Å²) < 4.78 is 1.81. The van der Waals surface area contributed by atoms with Crippen molar-refractivity contribution < 1.29 is 9.90 Å². The first-order valence-corrected chi connectivity index (χ1v) is 10.6. The Hall–Kier alpha value is -2.12. The van der Waals surface area contributed by atoms with Gasteiger partial charge in [-0.2, -0.15) is 5.10 Å². The molecule has 3 aliphatic heterocycles. The zero-order valence-electron chi connectivity index (χ0n) is 16.3. The Morgan fingerprint density at radius 1 is 1.07 bits per heavy atom. The molecule has 0 saturated carbocycles. The molecular weight excluding hydrogens is 354 g/mol. The summed E-state index contributed by atoms with van der Waals surface area (Å²) in [4.78, 5) is 19.9. The number of anilines is 1. The molecule has 0 radical (unpaired) electrons. The van der Waals surface area contributed by atoms with E-state index in [-0.39, 0.29) is 12.0 Å². The highest BCUT2D eigenvalue weighted by Crippen LogP contribution is 2.26. The van der Waals surface area contributed by atoms with E-state index < -0.39 is 0 Å². The molecule has 28 heavy (non-hydrogen) atoms. The maximum atomic E-state index is 13.2. The second-order valence-electron chi connectivity index (χ2n) is 8.43. The number of amides is 1. The monoisotopic (exact) mass is 383 g/mol. The molecule has 5 rings (SSSR count). The first-order chi connectivity index (χ1) is 13.7. The van der Waals surface area contributed by atoms with Crippen molar-refractivity contribution >= 4 is 17.1 Å². The molecule has 7 heteroatoms. The maximum absolute atomic E-state index is 13.2. The number of carbonyl (C=O) groups is 1. The number of aliphatic hydroxyl groups excluding tert-OH is 1. The fourth-order valence-corrected chi connectivity index (χ4v) is 5.01. The van der Waals surface area contributed by atoms with Gasteiger partial charge in [-0.25, -0.2) is 4.52 Å². The minimum Gasteiger partial charge on any atom is -0.392 e. The van der Waals surface area contributed by atoms with E-state index in [1.165, 1.54) is 18.5 Å². The van der Waals surface area contributed by atoms with E-state index in [1.54, 1.807) is 6.20 Å². The molecule has 1 unspecified atom stereocenters. The molecule has 3 fully saturated rings. The first-order valence-electron chi connectivity index (χ1n) is 10.6. The van der Waals surface area contributed by atoms with Crippen molar-refractivity contribution in [2.45, 2.75) is 44.2 Å². The van der Waals surface area contributed by atoms with Crippen LogP contribution < -0.4 is 4.90 Å². The number of β-amino-alcohol motifs (C(OH)–C–C–N with tert-alkyl or cyclic N) is 1. The quantitative estimate of drug-likeness (QED) is 0.872. The molecule has 1 atom stereocenters. The van der Waals surface area contributed by atoms with Crippen molar-refractivity contribution in [3.8, 4) is 0 Å². The number of carbonyl (C=O) groups excluding carboxylic acids is 1. The highest BCUT2D eigenvalue weighted by atomic mass is 16.3. The Balaban J connectivity index is 1.30. The summed E-state index contributed by atoms with van der Waals surface area (Å²) in [7, 11) is 0. The molecule has 1 N–H and O–H groups in total. The van der Waals surface area contributed by atoms with Gasteiger partial charge < -0.3 is 14.9 Å². The molecule has 2 aromatic rings. The molecular formula is C21H29N5O2. The Morgan fingerprint density at radius 2 is 1.86 bits per heavy atom. The van der Waals surface area contributed by atoms with Gasteiger partial charge in [0.2, 0.25) is 0 Å². The van der Waals surface area contributed by atoms with E-state index >= 15 is 0 Å². The second kappa shape index (κ2) is 7.37. The number of likely N-dealkylation sites (tertiary alicyclic amines) is 2. The summed E-state index contributed by atoms with van der Waals surface area (Å²) in [5.74, 6) is 0.0912. The number of hydrogen-bond donors (Lipinski definition) is 1. The molecule has 0 spiro atoms. The zero-order chi connectivity index (χ0) is 19.1. The minimum absolute atomic E-state index is 0.0912. The van der Waals surface area contributed by atoms with Crippen LogP contribution in [-0.4, -0.2) is 81.8 Å². The predicted octanol–water partition coefficient (Wildman–Crippen LogP) is 1.61. The standard InChI is InChI=1S/C21H29N5O2/c27-18-6-11-25(15-18)16-3-9-24(10-4-16)21(28)19-14-22-26-12-5-17(13-20(19)26)23-7-1-2-8-23/h5,12-14,16,18,27H,1-4,6-11,15H2. The van der Waals surface area contributed by atoms with E-state index in [0.29, 0.717) is 11.6 Å². The van der Waals surface area contributed by atoms with Crippen LogP contribution in [-0.2, 0) is 0 Å². The van der Waals surface area contributed by atoms with Crippen LogP contribution in [0, 0.1) is 0 Å². The van der Waals surface area contributed by atoms with E-state index in [0.717, 1.165) is 64.0 Å². The molecule has 5 heterocycles. The number of aliphatic hydroxyl groups is 1. The lowest BCUT2D eigenvalue weighted by atomic mass is 10.0. The third-order valence-electron chi connectivity index (χ3n) is 6.67. The number of fused-ring (bicyclic) bond motifs is 1. The van der Waals surface area contributed by atoms with Gasteiger partial charge in [0.15, 0.2) is 0 Å². The van der Waals surface area contributed by atoms with Crippen LogP contribution in [0.3, 0.4) is 0 Å². The van der Waals surface area contributed by atoms with Crippen LogP contribution in [0.15, 0.2) is 24.5 Å². The molecule has 0 aliphatic carbocycles. The summed E-state index contributed by atoms with van der Waals surface area (Å²) in [6, 6.07) is 4.70. The molecule has 150 valence electrons. The smallest absolute Gasteiger partial charge is 0.257 e. The third kappa shape index (κ3) is 3.26. The number of piperidine rings is 1. The molecule has 1 amide bonds. The van der Waals surface area contributed by atoms with E-state index in [9.17, 15) is 9.90 Å². The molecule has 3 saturated heterocycles. The SMILES string of the molecule is O=C(c1cnn2ccc(N3CCCC3)cc12)N1CCC(N2CCC(O)C2)CC1. The average Bonchev–Trinajstić information content (AvgIpc) is 3.47. The van der Waals surface area contributed by atoms with Crippen LogP contribution in [0.25, 0.3) is 5.52 Å². The summed E-state index contributed by atoms with van der Waals surface area (Å²) in [5, 5.41) is 14.2. The molecule has 7 nitrogen and oxygen atoms in total. The lowest BCUT2D eigenvalue weighted by Gasteiger charge is -2.36. The average molecular weight is 383 g/mol. The summed E-state index contributed by atoms with van der Waals surface area (Å²) >= 11 is 0. The lowest BCUT2D eigenvalue weighted by Crippen LogP contribution is -2.46. The molecule has 2 aromatic heterocycles. The first kappa shape index (κ1) is 17.9. The van der Waals surface area contributed by atoms with E-state index in [2.05, 4.69) is 27.0 Å². The fourth-order valence-electron chi connectivity index (χ4n) is 5.01. The summed E-state index contributed by atoms with van der Waals surface area (Å²) in [6.45, 7) is 5.50.